The molecule has 11 heteroatoms. The number of rotatable bonds is 1. The number of nitro groups is 1. The highest BCUT2D eigenvalue weighted by atomic mass is 32.2. The van der Waals surface area contributed by atoms with E-state index < -0.39 is 47.6 Å². The SMILES string of the molecule is CC(C)(C)OC(=O)NC1=N[C@]2(C)c3cc([N+](=O)[O-])ccc3OC(C)(C)C[C@@H]2S(=O)(=O)C1(C)C. The molecular weight excluding hydrogens is 450 g/mol. The number of amidine groups is 1. The third-order valence-electron chi connectivity index (χ3n) is 6.03. The van der Waals surface area contributed by atoms with Crippen LogP contribution in [0.5, 0.6) is 5.75 Å². The molecule has 2 heterocycles. The average Bonchev–Trinajstić information content (AvgIpc) is 2.71. The van der Waals surface area contributed by atoms with Crippen LogP contribution in [-0.4, -0.2) is 46.5 Å². The number of hydrogen-bond acceptors (Lipinski definition) is 8. The molecule has 1 aromatic carbocycles. The van der Waals surface area contributed by atoms with Crippen molar-refractivity contribution in [3.05, 3.63) is 33.9 Å². The monoisotopic (exact) mass is 481 g/mol. The van der Waals surface area contributed by atoms with Gasteiger partial charge in [-0.1, -0.05) is 0 Å². The fraction of sp³-hybridized carbons (Fsp3) is 0.636. The molecule has 2 aliphatic heterocycles. The molecule has 0 saturated heterocycles. The van der Waals surface area contributed by atoms with Crippen molar-refractivity contribution in [2.24, 2.45) is 4.99 Å². The smallest absolute Gasteiger partial charge is 0.413 e. The van der Waals surface area contributed by atoms with Crippen LogP contribution in [0.1, 0.15) is 67.4 Å². The van der Waals surface area contributed by atoms with Gasteiger partial charge in [-0.05, 0) is 61.5 Å². The number of carbonyl (C=O) groups excluding carboxylic acids is 1. The minimum Gasteiger partial charge on any atom is -0.487 e. The van der Waals surface area contributed by atoms with Crippen molar-refractivity contribution in [1.29, 1.82) is 0 Å². The van der Waals surface area contributed by atoms with Gasteiger partial charge < -0.3 is 9.47 Å². The topological polar surface area (TPSA) is 137 Å². The van der Waals surface area contributed by atoms with Gasteiger partial charge in [0.15, 0.2) is 9.84 Å². The van der Waals surface area contributed by atoms with Gasteiger partial charge in [0, 0.05) is 24.1 Å². The predicted molar refractivity (Wildman–Crippen MR) is 123 cm³/mol. The summed E-state index contributed by atoms with van der Waals surface area (Å²) in [6.07, 6.45) is -0.739. The van der Waals surface area contributed by atoms with Crippen LogP contribution in [0.15, 0.2) is 23.2 Å². The Labute approximate surface area is 193 Å². The third kappa shape index (κ3) is 4.30. The Balaban J connectivity index is 2.29. The molecule has 10 nitrogen and oxygen atoms in total. The summed E-state index contributed by atoms with van der Waals surface area (Å²) < 4.78 is 37.8. The Bertz CT molecular complexity index is 1150. The summed E-state index contributed by atoms with van der Waals surface area (Å²) in [7, 11) is -3.98. The molecule has 3 rings (SSSR count). The van der Waals surface area contributed by atoms with E-state index in [4.69, 9.17) is 14.5 Å². The highest BCUT2D eigenvalue weighted by molar-refractivity contribution is 7.94. The van der Waals surface area contributed by atoms with Gasteiger partial charge in [0.25, 0.3) is 5.69 Å². The molecular formula is C22H31N3O7S. The predicted octanol–water partition coefficient (Wildman–Crippen LogP) is 3.87. The molecule has 0 fully saturated rings. The Morgan fingerprint density at radius 1 is 1.24 bits per heavy atom. The van der Waals surface area contributed by atoms with E-state index in [1.165, 1.54) is 32.0 Å². The number of fused-ring (bicyclic) bond motifs is 3. The first-order valence-electron chi connectivity index (χ1n) is 10.6. The maximum absolute atomic E-state index is 14.0. The lowest BCUT2D eigenvalue weighted by atomic mass is 9.84. The molecule has 0 aliphatic carbocycles. The van der Waals surface area contributed by atoms with Gasteiger partial charge in [-0.2, -0.15) is 0 Å². The molecule has 1 aromatic rings. The second-order valence-corrected chi connectivity index (χ2v) is 13.5. The number of carbonyl (C=O) groups is 1. The molecule has 0 spiro atoms. The summed E-state index contributed by atoms with van der Waals surface area (Å²) in [5, 5.41) is 12.9. The molecule has 182 valence electrons. The van der Waals surface area contributed by atoms with Gasteiger partial charge in [0.2, 0.25) is 0 Å². The maximum atomic E-state index is 14.0. The van der Waals surface area contributed by atoms with E-state index in [0.717, 1.165) is 0 Å². The zero-order chi connectivity index (χ0) is 25.2. The minimum absolute atomic E-state index is 0.0901. The molecule has 0 unspecified atom stereocenters. The first-order chi connectivity index (χ1) is 14.8. The molecule has 2 atom stereocenters. The van der Waals surface area contributed by atoms with Crippen LogP contribution in [0.3, 0.4) is 0 Å². The van der Waals surface area contributed by atoms with E-state index >= 15 is 0 Å². The van der Waals surface area contributed by atoms with Crippen molar-refractivity contribution in [2.45, 2.75) is 88.5 Å². The van der Waals surface area contributed by atoms with E-state index in [-0.39, 0.29) is 23.5 Å². The van der Waals surface area contributed by atoms with Gasteiger partial charge in [-0.3, -0.25) is 20.4 Å². The van der Waals surface area contributed by atoms with Gasteiger partial charge in [-0.25, -0.2) is 13.2 Å². The van der Waals surface area contributed by atoms with Gasteiger partial charge in [0.1, 0.15) is 33.1 Å². The molecule has 0 bridgehead atoms. The lowest BCUT2D eigenvalue weighted by Gasteiger charge is -2.44. The summed E-state index contributed by atoms with van der Waals surface area (Å²) in [4.78, 5) is 28.2. The number of alkyl carbamates (subject to hydrolysis) is 1. The lowest BCUT2D eigenvalue weighted by Crippen LogP contribution is -2.62. The summed E-state index contributed by atoms with van der Waals surface area (Å²) in [5.41, 5.74) is -3.08. The van der Waals surface area contributed by atoms with Crippen molar-refractivity contribution in [3.63, 3.8) is 0 Å². The van der Waals surface area contributed by atoms with Crippen LogP contribution in [-0.2, 0) is 20.1 Å². The van der Waals surface area contributed by atoms with Crippen LogP contribution in [0.2, 0.25) is 0 Å². The summed E-state index contributed by atoms with van der Waals surface area (Å²) in [5.74, 6) is 0.221. The largest absolute Gasteiger partial charge is 0.487 e. The van der Waals surface area contributed by atoms with Crippen LogP contribution in [0, 0.1) is 10.1 Å². The molecule has 1 amide bonds. The lowest BCUT2D eigenvalue weighted by molar-refractivity contribution is -0.385. The van der Waals surface area contributed by atoms with Gasteiger partial charge in [0.05, 0.1) is 10.2 Å². The van der Waals surface area contributed by atoms with E-state index in [1.54, 1.807) is 41.5 Å². The Hall–Kier alpha value is -2.69. The first-order valence-corrected chi connectivity index (χ1v) is 12.2. The number of hydrogen-bond donors (Lipinski definition) is 1. The first kappa shape index (κ1) is 24.9. The van der Waals surface area contributed by atoms with Crippen molar-refractivity contribution in [2.75, 3.05) is 0 Å². The van der Waals surface area contributed by atoms with Crippen molar-refractivity contribution < 1.29 is 27.6 Å². The number of aliphatic imine (C=N–C) groups is 1. The summed E-state index contributed by atoms with van der Waals surface area (Å²) in [6.45, 7) is 13.2. The quantitative estimate of drug-likeness (QED) is 0.475. The molecule has 2 aliphatic rings. The Morgan fingerprint density at radius 2 is 1.85 bits per heavy atom. The maximum Gasteiger partial charge on any atom is 0.413 e. The second-order valence-electron chi connectivity index (χ2n) is 10.8. The van der Waals surface area contributed by atoms with Gasteiger partial charge >= 0.3 is 6.09 Å². The molecule has 33 heavy (non-hydrogen) atoms. The van der Waals surface area contributed by atoms with E-state index in [1.807, 2.05) is 0 Å². The molecule has 1 N–H and O–H groups in total. The van der Waals surface area contributed by atoms with Crippen LogP contribution >= 0.6 is 0 Å². The molecule has 0 saturated carbocycles. The highest BCUT2D eigenvalue weighted by Crippen LogP contribution is 2.51. The zero-order valence-electron chi connectivity index (χ0n) is 20.2. The number of nitro benzene ring substituents is 1. The summed E-state index contributed by atoms with van der Waals surface area (Å²) >= 11 is 0. The number of nitrogens with zero attached hydrogens (tertiary/aromatic N) is 2. The van der Waals surface area contributed by atoms with Crippen LogP contribution < -0.4 is 10.1 Å². The van der Waals surface area contributed by atoms with E-state index in [2.05, 4.69) is 5.32 Å². The van der Waals surface area contributed by atoms with E-state index in [0.29, 0.717) is 5.75 Å². The summed E-state index contributed by atoms with van der Waals surface area (Å²) in [6, 6.07) is 4.07. The average molecular weight is 482 g/mol. The number of nitrogens with one attached hydrogen (secondary N) is 1. The number of sulfone groups is 1. The number of amides is 1. The van der Waals surface area contributed by atoms with E-state index in [9.17, 15) is 23.3 Å². The van der Waals surface area contributed by atoms with Crippen molar-refractivity contribution >= 4 is 27.5 Å². The molecule has 0 aromatic heterocycles. The minimum atomic E-state index is -3.98. The molecule has 0 radical (unpaired) electrons. The second kappa shape index (κ2) is 7.41. The van der Waals surface area contributed by atoms with Gasteiger partial charge in [-0.15, -0.1) is 0 Å². The Morgan fingerprint density at radius 3 is 2.39 bits per heavy atom. The number of non-ortho nitro benzene ring substituents is 1. The fourth-order valence-electron chi connectivity index (χ4n) is 4.25. The van der Waals surface area contributed by atoms with Crippen LogP contribution in [0.25, 0.3) is 0 Å². The van der Waals surface area contributed by atoms with Crippen molar-refractivity contribution in [3.8, 4) is 5.75 Å². The third-order valence-corrected chi connectivity index (χ3v) is 9.02. The standard InChI is InChI=1S/C22H31N3O7S/c1-19(2,3)32-18(26)23-17-21(6,7)33(29,30)16-12-20(4,5)31-15-10-9-13(25(27)28)11-14(15)22(16,8)24-17/h9-11,16H,12H2,1-8H3,(H,23,24,26)/t16-,22+/m0/s1. The normalized spacial score (nSPS) is 27.0. The van der Waals surface area contributed by atoms with Crippen molar-refractivity contribution in [1.82, 2.24) is 5.32 Å². The Kier molecular flexibility index (Phi) is 5.60. The fourth-order valence-corrected chi connectivity index (χ4v) is 6.74. The van der Waals surface area contributed by atoms with Crippen LogP contribution in [0.4, 0.5) is 10.5 Å². The zero-order valence-corrected chi connectivity index (χ0v) is 21.0. The highest BCUT2D eigenvalue weighted by Gasteiger charge is 2.60. The number of benzene rings is 1. The number of ether oxygens (including phenoxy) is 2.